The topological polar surface area (TPSA) is 69.4 Å². The zero-order chi connectivity index (χ0) is 17.7. The third kappa shape index (κ3) is 2.27. The van der Waals surface area contributed by atoms with Crippen molar-refractivity contribution in [1.29, 1.82) is 0 Å². The van der Waals surface area contributed by atoms with Gasteiger partial charge in [-0.05, 0) is 74.5 Å². The molecule has 3 N–H and O–H groups in total. The van der Waals surface area contributed by atoms with Crippen LogP contribution < -0.4 is 5.32 Å². The van der Waals surface area contributed by atoms with Gasteiger partial charge in [0.2, 0.25) is 0 Å². The number of piperidine rings is 1. The first-order valence-electron chi connectivity index (χ1n) is 9.35. The largest absolute Gasteiger partial charge is 0.354 e. The highest BCUT2D eigenvalue weighted by Crippen LogP contribution is 2.38. The normalized spacial score (nSPS) is 15.9. The van der Waals surface area contributed by atoms with Gasteiger partial charge >= 0.3 is 0 Å². The molecule has 132 valence electrons. The molecule has 5 rings (SSSR count). The van der Waals surface area contributed by atoms with E-state index in [9.17, 15) is 0 Å². The first-order valence-corrected chi connectivity index (χ1v) is 9.35. The van der Waals surface area contributed by atoms with Crippen molar-refractivity contribution in [1.82, 2.24) is 25.5 Å². The Labute approximate surface area is 152 Å². The summed E-state index contributed by atoms with van der Waals surface area (Å²) in [6, 6.07) is 6.65. The van der Waals surface area contributed by atoms with E-state index in [1.54, 1.807) is 0 Å². The summed E-state index contributed by atoms with van der Waals surface area (Å²) in [6.07, 6.45) is 6.15. The van der Waals surface area contributed by atoms with Gasteiger partial charge in [-0.25, -0.2) is 4.98 Å². The van der Waals surface area contributed by atoms with Crippen LogP contribution in [0.15, 0.2) is 30.6 Å². The maximum Gasteiger partial charge on any atom is 0.155 e. The number of aryl methyl sites for hydroxylation is 2. The number of benzene rings is 1. The molecule has 0 radical (unpaired) electrons. The molecule has 4 heterocycles. The molecule has 1 saturated heterocycles. The van der Waals surface area contributed by atoms with E-state index >= 15 is 0 Å². The summed E-state index contributed by atoms with van der Waals surface area (Å²) in [7, 11) is 0. The van der Waals surface area contributed by atoms with Crippen molar-refractivity contribution in [2.45, 2.75) is 32.6 Å². The fourth-order valence-electron chi connectivity index (χ4n) is 4.58. The molecular formula is C21H23N5. The number of aromatic nitrogens is 4. The molecule has 5 heteroatoms. The van der Waals surface area contributed by atoms with E-state index in [1.165, 1.54) is 46.1 Å². The second-order valence-electron chi connectivity index (χ2n) is 7.34. The third-order valence-corrected chi connectivity index (χ3v) is 5.92. The van der Waals surface area contributed by atoms with Gasteiger partial charge in [0, 0.05) is 28.0 Å². The van der Waals surface area contributed by atoms with Crippen molar-refractivity contribution in [3.8, 4) is 11.3 Å². The van der Waals surface area contributed by atoms with Crippen LogP contribution in [-0.2, 0) is 0 Å². The Hall–Kier alpha value is -2.66. The van der Waals surface area contributed by atoms with E-state index < -0.39 is 0 Å². The Bertz CT molecular complexity index is 1100. The number of nitrogens with zero attached hydrogens (tertiary/aromatic N) is 2. The average Bonchev–Trinajstić information content (AvgIpc) is 3.27. The Kier molecular flexibility index (Phi) is 3.57. The van der Waals surface area contributed by atoms with Gasteiger partial charge in [-0.2, -0.15) is 5.10 Å². The minimum atomic E-state index is 0.667. The highest BCUT2D eigenvalue weighted by Gasteiger charge is 2.21. The van der Waals surface area contributed by atoms with Crippen molar-refractivity contribution in [2.75, 3.05) is 13.1 Å². The molecule has 0 unspecified atom stereocenters. The zero-order valence-corrected chi connectivity index (χ0v) is 15.2. The second kappa shape index (κ2) is 5.95. The van der Waals surface area contributed by atoms with Gasteiger partial charge in [0.05, 0.1) is 11.9 Å². The van der Waals surface area contributed by atoms with Crippen LogP contribution in [0.5, 0.6) is 0 Å². The van der Waals surface area contributed by atoms with Crippen LogP contribution >= 0.6 is 0 Å². The lowest BCUT2D eigenvalue weighted by atomic mass is 9.86. The van der Waals surface area contributed by atoms with Crippen molar-refractivity contribution in [2.24, 2.45) is 0 Å². The van der Waals surface area contributed by atoms with Crippen LogP contribution in [0.4, 0.5) is 0 Å². The lowest BCUT2D eigenvalue weighted by Gasteiger charge is -2.24. The number of hydrogen-bond acceptors (Lipinski definition) is 3. The predicted octanol–water partition coefficient (Wildman–Crippen LogP) is 4.19. The summed E-state index contributed by atoms with van der Waals surface area (Å²) < 4.78 is 0. The van der Waals surface area contributed by atoms with Gasteiger partial charge in [0.15, 0.2) is 5.65 Å². The fourth-order valence-corrected chi connectivity index (χ4v) is 4.58. The molecular weight excluding hydrogens is 322 g/mol. The lowest BCUT2D eigenvalue weighted by Crippen LogP contribution is -2.26. The van der Waals surface area contributed by atoms with Crippen molar-refractivity contribution in [3.05, 3.63) is 47.3 Å². The molecule has 3 aromatic heterocycles. The molecule has 0 atom stereocenters. The van der Waals surface area contributed by atoms with Crippen LogP contribution in [0.3, 0.4) is 0 Å². The molecule has 1 aliphatic heterocycles. The first kappa shape index (κ1) is 15.6. The Morgan fingerprint density at radius 3 is 2.73 bits per heavy atom. The Morgan fingerprint density at radius 2 is 1.88 bits per heavy atom. The molecule has 5 nitrogen and oxygen atoms in total. The van der Waals surface area contributed by atoms with Gasteiger partial charge in [0.1, 0.15) is 0 Å². The first-order chi connectivity index (χ1) is 12.7. The highest BCUT2D eigenvalue weighted by atomic mass is 15.1. The van der Waals surface area contributed by atoms with Crippen LogP contribution in [0.2, 0.25) is 0 Å². The van der Waals surface area contributed by atoms with E-state index in [0.29, 0.717) is 5.92 Å². The van der Waals surface area contributed by atoms with Gasteiger partial charge < -0.3 is 10.3 Å². The molecule has 0 amide bonds. The molecule has 1 aliphatic rings. The van der Waals surface area contributed by atoms with Crippen LogP contribution in [0.1, 0.15) is 35.4 Å². The number of H-pyrrole nitrogens is 2. The molecule has 1 fully saturated rings. The second-order valence-corrected chi connectivity index (χ2v) is 7.34. The van der Waals surface area contributed by atoms with E-state index in [4.69, 9.17) is 0 Å². The number of hydrogen-bond donors (Lipinski definition) is 3. The van der Waals surface area contributed by atoms with Gasteiger partial charge in [-0.3, -0.25) is 5.10 Å². The number of rotatable bonds is 2. The highest BCUT2D eigenvalue weighted by molar-refractivity contribution is 5.99. The maximum atomic E-state index is 4.37. The van der Waals surface area contributed by atoms with Crippen LogP contribution in [0, 0.1) is 13.8 Å². The summed E-state index contributed by atoms with van der Waals surface area (Å²) in [5, 5.41) is 13.0. The molecule has 26 heavy (non-hydrogen) atoms. The number of pyridine rings is 1. The third-order valence-electron chi connectivity index (χ3n) is 5.92. The van der Waals surface area contributed by atoms with E-state index in [0.717, 1.165) is 29.7 Å². The maximum absolute atomic E-state index is 4.37. The quantitative estimate of drug-likeness (QED) is 0.510. The number of nitrogens with one attached hydrogen (secondary N) is 3. The van der Waals surface area contributed by atoms with Crippen LogP contribution in [0.25, 0.3) is 33.2 Å². The smallest absolute Gasteiger partial charge is 0.155 e. The predicted molar refractivity (Wildman–Crippen MR) is 106 cm³/mol. The zero-order valence-electron chi connectivity index (χ0n) is 15.2. The van der Waals surface area contributed by atoms with E-state index in [2.05, 4.69) is 57.5 Å². The molecule has 0 bridgehead atoms. The summed E-state index contributed by atoms with van der Waals surface area (Å²) in [5.74, 6) is 0.667. The minimum absolute atomic E-state index is 0.667. The molecule has 1 aromatic carbocycles. The minimum Gasteiger partial charge on any atom is -0.354 e. The Morgan fingerprint density at radius 1 is 1.04 bits per heavy atom. The summed E-state index contributed by atoms with van der Waals surface area (Å²) in [5.41, 5.74) is 8.60. The molecule has 0 saturated carbocycles. The summed E-state index contributed by atoms with van der Waals surface area (Å²) in [6.45, 7) is 6.74. The van der Waals surface area contributed by atoms with Crippen molar-refractivity contribution >= 4 is 21.9 Å². The van der Waals surface area contributed by atoms with Gasteiger partial charge in [-0.1, -0.05) is 6.07 Å². The Balaban J connectivity index is 1.70. The summed E-state index contributed by atoms with van der Waals surface area (Å²) in [4.78, 5) is 8.02. The molecule has 0 aliphatic carbocycles. The average molecular weight is 345 g/mol. The van der Waals surface area contributed by atoms with Gasteiger partial charge in [0.25, 0.3) is 0 Å². The monoisotopic (exact) mass is 345 g/mol. The van der Waals surface area contributed by atoms with E-state index in [-0.39, 0.29) is 0 Å². The fraction of sp³-hybridized carbons (Fsp3) is 0.333. The standard InChI is InChI=1S/C21H23N5/c1-12-15(14-5-8-22-9-6-14)3-4-18-19(12)13(2)20(25-18)16-7-10-23-21-17(16)11-24-26-21/h3-4,7,10-11,14,22,25H,5-6,8-9H2,1-2H3,(H,23,24,26). The number of aromatic amines is 2. The van der Waals surface area contributed by atoms with Crippen molar-refractivity contribution < 1.29 is 0 Å². The van der Waals surface area contributed by atoms with Gasteiger partial charge in [-0.15, -0.1) is 0 Å². The number of fused-ring (bicyclic) bond motifs is 2. The molecule has 0 spiro atoms. The summed E-state index contributed by atoms with van der Waals surface area (Å²) >= 11 is 0. The SMILES string of the molecule is Cc1c(C2CCNCC2)ccc2[nH]c(-c3ccnc4[nH]ncc34)c(C)c12. The van der Waals surface area contributed by atoms with Crippen LogP contribution in [-0.4, -0.2) is 33.3 Å². The van der Waals surface area contributed by atoms with E-state index in [1.807, 2.05) is 12.4 Å². The van der Waals surface area contributed by atoms with Crippen molar-refractivity contribution in [3.63, 3.8) is 0 Å². The lowest BCUT2D eigenvalue weighted by molar-refractivity contribution is 0.459. The molecule has 4 aromatic rings.